The van der Waals surface area contributed by atoms with Gasteiger partial charge in [-0.05, 0) is 48.2 Å². The van der Waals surface area contributed by atoms with Crippen molar-refractivity contribution in [3.05, 3.63) is 12.1 Å². The third-order valence-electron chi connectivity index (χ3n) is 4.52. The van der Waals surface area contributed by atoms with Crippen molar-refractivity contribution < 1.29 is 4.79 Å². The van der Waals surface area contributed by atoms with Crippen molar-refractivity contribution in [3.63, 3.8) is 0 Å². The fraction of sp³-hybridized carbons (Fsp3) is 0.688. The number of anilines is 1. The lowest BCUT2D eigenvalue weighted by molar-refractivity contribution is -0.136. The van der Waals surface area contributed by atoms with E-state index in [1.165, 1.54) is 4.63 Å². The zero-order chi connectivity index (χ0) is 16.9. The molecule has 0 aromatic carbocycles. The van der Waals surface area contributed by atoms with Gasteiger partial charge in [0.05, 0.1) is 0 Å². The topological polar surface area (TPSA) is 79.5 Å². The Morgan fingerprint density at radius 1 is 1.21 bits per heavy atom. The quantitative estimate of drug-likeness (QED) is 0.796. The normalized spacial score (nSPS) is 15.8. The van der Waals surface area contributed by atoms with Crippen LogP contribution in [-0.4, -0.2) is 62.2 Å². The number of carbonyl (C=O) groups is 1. The molecule has 0 spiro atoms. The summed E-state index contributed by atoms with van der Waals surface area (Å²) in [5.41, 5.74) is 0.638. The van der Waals surface area contributed by atoms with Gasteiger partial charge < -0.3 is 9.80 Å². The average Bonchev–Trinajstić information content (AvgIpc) is 3.09. The molecule has 24 heavy (non-hydrogen) atoms. The predicted octanol–water partition coefficient (Wildman–Crippen LogP) is 1.38. The van der Waals surface area contributed by atoms with E-state index in [1.807, 2.05) is 17.0 Å². The molecule has 1 amide bonds. The zero-order valence-corrected chi connectivity index (χ0v) is 14.4. The van der Waals surface area contributed by atoms with Gasteiger partial charge in [0.15, 0.2) is 11.5 Å². The molecule has 0 unspecified atom stereocenters. The van der Waals surface area contributed by atoms with Gasteiger partial charge in [-0.25, -0.2) is 0 Å². The highest BCUT2D eigenvalue weighted by atomic mass is 16.2. The van der Waals surface area contributed by atoms with Crippen LogP contribution in [0.1, 0.15) is 39.5 Å². The van der Waals surface area contributed by atoms with Crippen LogP contribution in [0.4, 0.5) is 5.82 Å². The van der Waals surface area contributed by atoms with E-state index in [4.69, 9.17) is 0 Å². The fourth-order valence-electron chi connectivity index (χ4n) is 3.29. The van der Waals surface area contributed by atoms with Gasteiger partial charge in [0, 0.05) is 32.1 Å². The van der Waals surface area contributed by atoms with E-state index in [0.717, 1.165) is 57.7 Å². The fourth-order valence-corrected chi connectivity index (χ4v) is 3.29. The summed E-state index contributed by atoms with van der Waals surface area (Å²) in [6.07, 6.45) is 3.77. The van der Waals surface area contributed by atoms with Crippen molar-refractivity contribution in [3.8, 4) is 0 Å². The summed E-state index contributed by atoms with van der Waals surface area (Å²) in [6.45, 7) is 7.65. The monoisotopic (exact) mass is 331 g/mol. The lowest BCUT2D eigenvalue weighted by Crippen LogP contribution is -2.43. The maximum Gasteiger partial charge on any atom is 0.225 e. The van der Waals surface area contributed by atoms with E-state index in [1.54, 1.807) is 0 Å². The number of fused-ring (bicyclic) bond motifs is 1. The van der Waals surface area contributed by atoms with Gasteiger partial charge in [0.25, 0.3) is 0 Å². The molecule has 8 nitrogen and oxygen atoms in total. The maximum atomic E-state index is 12.7. The van der Waals surface area contributed by atoms with E-state index in [9.17, 15) is 4.79 Å². The SMILES string of the molecule is CCCN(CCC)C(=O)C1CCN(c2ccc3nnnn3n2)CC1. The third kappa shape index (κ3) is 3.47. The molecular weight excluding hydrogens is 306 g/mol. The molecule has 2 aromatic rings. The van der Waals surface area contributed by atoms with Gasteiger partial charge in [0.2, 0.25) is 5.91 Å². The predicted molar refractivity (Wildman–Crippen MR) is 90.7 cm³/mol. The molecule has 1 saturated heterocycles. The largest absolute Gasteiger partial charge is 0.355 e. The van der Waals surface area contributed by atoms with Crippen molar-refractivity contribution >= 4 is 17.4 Å². The van der Waals surface area contributed by atoms with Crippen LogP contribution in [0, 0.1) is 5.92 Å². The van der Waals surface area contributed by atoms with Crippen molar-refractivity contribution in [1.29, 1.82) is 0 Å². The van der Waals surface area contributed by atoms with E-state index < -0.39 is 0 Å². The molecule has 2 aromatic heterocycles. The van der Waals surface area contributed by atoms with E-state index in [2.05, 4.69) is 39.4 Å². The first-order valence-electron chi connectivity index (χ1n) is 8.82. The third-order valence-corrected chi connectivity index (χ3v) is 4.52. The van der Waals surface area contributed by atoms with Gasteiger partial charge in [-0.2, -0.15) is 0 Å². The number of rotatable bonds is 6. The lowest BCUT2D eigenvalue weighted by atomic mass is 9.95. The molecule has 1 aliphatic rings. The standard InChI is InChI=1S/C16H25N7O/c1-3-9-22(10-4-2)16(24)13-7-11-21(12-8-13)15-6-5-14-17-19-20-23(14)18-15/h5-6,13H,3-4,7-12H2,1-2H3. The molecule has 1 aliphatic heterocycles. The number of carbonyl (C=O) groups excluding carboxylic acids is 1. The summed E-state index contributed by atoms with van der Waals surface area (Å²) in [6, 6.07) is 3.80. The minimum atomic E-state index is 0.135. The molecular formula is C16H25N7O. The van der Waals surface area contributed by atoms with Gasteiger partial charge in [0.1, 0.15) is 0 Å². The Balaban J connectivity index is 1.61. The molecule has 8 heteroatoms. The Bertz CT molecular complexity index is 672. The van der Waals surface area contributed by atoms with Crippen molar-refractivity contribution in [2.45, 2.75) is 39.5 Å². The summed E-state index contributed by atoms with van der Waals surface area (Å²) < 4.78 is 1.44. The number of amides is 1. The van der Waals surface area contributed by atoms with E-state index >= 15 is 0 Å². The second-order valence-corrected chi connectivity index (χ2v) is 6.30. The number of hydrogen-bond donors (Lipinski definition) is 0. The molecule has 130 valence electrons. The van der Waals surface area contributed by atoms with E-state index in [0.29, 0.717) is 11.6 Å². The smallest absolute Gasteiger partial charge is 0.225 e. The van der Waals surface area contributed by atoms with Gasteiger partial charge >= 0.3 is 0 Å². The highest BCUT2D eigenvalue weighted by Crippen LogP contribution is 2.23. The van der Waals surface area contributed by atoms with Crippen LogP contribution in [0.15, 0.2) is 12.1 Å². The number of nitrogens with zero attached hydrogens (tertiary/aromatic N) is 7. The Labute approximate surface area is 141 Å². The van der Waals surface area contributed by atoms with Crippen LogP contribution < -0.4 is 4.90 Å². The van der Waals surface area contributed by atoms with Gasteiger partial charge in [-0.1, -0.05) is 13.8 Å². The van der Waals surface area contributed by atoms with Crippen LogP contribution in [0.25, 0.3) is 5.65 Å². The summed E-state index contributed by atoms with van der Waals surface area (Å²) in [5.74, 6) is 1.32. The molecule has 0 aliphatic carbocycles. The van der Waals surface area contributed by atoms with Crippen LogP contribution in [0.2, 0.25) is 0 Å². The Hall–Kier alpha value is -2.25. The van der Waals surface area contributed by atoms with Crippen molar-refractivity contribution in [1.82, 2.24) is 30.2 Å². The van der Waals surface area contributed by atoms with Crippen LogP contribution in [0.3, 0.4) is 0 Å². The molecule has 1 fully saturated rings. The molecule has 0 N–H and O–H groups in total. The summed E-state index contributed by atoms with van der Waals surface area (Å²) >= 11 is 0. The Morgan fingerprint density at radius 3 is 2.58 bits per heavy atom. The van der Waals surface area contributed by atoms with E-state index in [-0.39, 0.29) is 5.92 Å². The highest BCUT2D eigenvalue weighted by Gasteiger charge is 2.28. The highest BCUT2D eigenvalue weighted by molar-refractivity contribution is 5.79. The second-order valence-electron chi connectivity index (χ2n) is 6.30. The second kappa shape index (κ2) is 7.55. The first kappa shape index (κ1) is 16.6. The van der Waals surface area contributed by atoms with Crippen molar-refractivity contribution in [2.24, 2.45) is 5.92 Å². The molecule has 0 saturated carbocycles. The molecule has 3 rings (SSSR count). The minimum absolute atomic E-state index is 0.135. The Morgan fingerprint density at radius 2 is 1.92 bits per heavy atom. The molecule has 0 atom stereocenters. The Kier molecular flexibility index (Phi) is 5.22. The summed E-state index contributed by atoms with van der Waals surface area (Å²) in [4.78, 5) is 17.0. The lowest BCUT2D eigenvalue weighted by Gasteiger charge is -2.34. The number of tetrazole rings is 1. The zero-order valence-electron chi connectivity index (χ0n) is 14.4. The summed E-state index contributed by atoms with van der Waals surface area (Å²) in [7, 11) is 0. The molecule has 0 radical (unpaired) electrons. The minimum Gasteiger partial charge on any atom is -0.355 e. The average molecular weight is 331 g/mol. The molecule has 0 bridgehead atoms. The molecule has 3 heterocycles. The van der Waals surface area contributed by atoms with Crippen LogP contribution in [0.5, 0.6) is 0 Å². The first-order chi connectivity index (χ1) is 11.7. The maximum absolute atomic E-state index is 12.7. The van der Waals surface area contributed by atoms with Gasteiger partial charge in [-0.3, -0.25) is 4.79 Å². The number of piperidine rings is 1. The number of hydrogen-bond acceptors (Lipinski definition) is 6. The van der Waals surface area contributed by atoms with Gasteiger partial charge in [-0.15, -0.1) is 14.8 Å². The van der Waals surface area contributed by atoms with Crippen LogP contribution >= 0.6 is 0 Å². The van der Waals surface area contributed by atoms with Crippen LogP contribution in [-0.2, 0) is 4.79 Å². The van der Waals surface area contributed by atoms with Crippen molar-refractivity contribution in [2.75, 3.05) is 31.1 Å². The summed E-state index contributed by atoms with van der Waals surface area (Å²) in [5, 5.41) is 15.7. The number of aromatic nitrogens is 5. The first-order valence-corrected chi connectivity index (χ1v) is 8.82.